The first kappa shape index (κ1) is 15.8. The van der Waals surface area contributed by atoms with Gasteiger partial charge < -0.3 is 20.1 Å². The van der Waals surface area contributed by atoms with Crippen LogP contribution in [0.2, 0.25) is 0 Å². The Labute approximate surface area is 116 Å². The van der Waals surface area contributed by atoms with Crippen LogP contribution in [0, 0.1) is 0 Å². The highest BCUT2D eigenvalue weighted by molar-refractivity contribution is 5.41. The smallest absolute Gasteiger partial charge is 0.120 e. The number of benzene rings is 1. The van der Waals surface area contributed by atoms with Gasteiger partial charge in [-0.2, -0.15) is 0 Å². The molecule has 0 saturated carbocycles. The summed E-state index contributed by atoms with van der Waals surface area (Å²) in [6.45, 7) is 5.27. The van der Waals surface area contributed by atoms with E-state index in [0.717, 1.165) is 24.3 Å². The minimum absolute atomic E-state index is 0.0901. The monoisotopic (exact) mass is 266 g/mol. The Kier molecular flexibility index (Phi) is 6.12. The van der Waals surface area contributed by atoms with Crippen LogP contribution in [0.1, 0.15) is 31.9 Å². The molecule has 4 nitrogen and oxygen atoms in total. The summed E-state index contributed by atoms with van der Waals surface area (Å²) in [6, 6.07) is 5.80. The van der Waals surface area contributed by atoms with Gasteiger partial charge in [-0.1, -0.05) is 0 Å². The lowest BCUT2D eigenvalue weighted by atomic mass is 10.1. The average Bonchev–Trinajstić information content (AvgIpc) is 2.36. The minimum Gasteiger partial charge on any atom is -0.508 e. The van der Waals surface area contributed by atoms with E-state index in [9.17, 15) is 5.11 Å². The largest absolute Gasteiger partial charge is 0.508 e. The minimum atomic E-state index is 0.0901. The van der Waals surface area contributed by atoms with Crippen molar-refractivity contribution in [2.45, 2.75) is 32.4 Å². The standard InChI is InChI=1S/C15H26N2O2/c1-11(8-9-17(3)4)16-12(2)14-10-13(19-5)6-7-15(14)18/h6-7,10-12,16,18H,8-9H2,1-5H3. The third-order valence-electron chi connectivity index (χ3n) is 3.25. The Balaban J connectivity index is 2.64. The fraction of sp³-hybridized carbons (Fsp3) is 0.600. The Hall–Kier alpha value is -1.26. The molecular formula is C15H26N2O2. The summed E-state index contributed by atoms with van der Waals surface area (Å²) in [6.07, 6.45) is 1.07. The maximum atomic E-state index is 9.93. The summed E-state index contributed by atoms with van der Waals surface area (Å²) in [5, 5.41) is 13.4. The fourth-order valence-electron chi connectivity index (χ4n) is 2.06. The van der Waals surface area contributed by atoms with E-state index in [4.69, 9.17) is 4.74 Å². The van der Waals surface area contributed by atoms with Gasteiger partial charge in [0, 0.05) is 17.6 Å². The van der Waals surface area contributed by atoms with Gasteiger partial charge in [-0.25, -0.2) is 0 Å². The zero-order valence-electron chi connectivity index (χ0n) is 12.6. The van der Waals surface area contributed by atoms with Crippen molar-refractivity contribution in [3.05, 3.63) is 23.8 Å². The quantitative estimate of drug-likeness (QED) is 0.795. The van der Waals surface area contributed by atoms with Gasteiger partial charge in [-0.15, -0.1) is 0 Å². The molecule has 0 amide bonds. The first-order chi connectivity index (χ1) is 8.93. The number of rotatable bonds is 7. The predicted octanol–water partition coefficient (Wildman–Crippen LogP) is 2.39. The van der Waals surface area contributed by atoms with Gasteiger partial charge in [0.15, 0.2) is 0 Å². The molecule has 0 bridgehead atoms. The molecule has 2 unspecified atom stereocenters. The number of aromatic hydroxyl groups is 1. The zero-order valence-corrected chi connectivity index (χ0v) is 12.6. The summed E-state index contributed by atoms with van der Waals surface area (Å²) in [7, 11) is 5.78. The van der Waals surface area contributed by atoms with Gasteiger partial charge in [0.25, 0.3) is 0 Å². The van der Waals surface area contributed by atoms with E-state index in [1.807, 2.05) is 6.07 Å². The molecule has 0 aliphatic rings. The Bertz CT molecular complexity index is 394. The van der Waals surface area contributed by atoms with Gasteiger partial charge in [0.05, 0.1) is 7.11 Å². The lowest BCUT2D eigenvalue weighted by Crippen LogP contribution is -2.31. The van der Waals surface area contributed by atoms with Gasteiger partial charge in [-0.05, 0) is 59.1 Å². The molecule has 0 aliphatic carbocycles. The Morgan fingerprint density at radius 3 is 2.58 bits per heavy atom. The van der Waals surface area contributed by atoms with Gasteiger partial charge in [0.1, 0.15) is 11.5 Å². The topological polar surface area (TPSA) is 44.7 Å². The number of hydrogen-bond donors (Lipinski definition) is 2. The molecule has 4 heteroatoms. The van der Waals surface area contributed by atoms with Crippen LogP contribution in [0.25, 0.3) is 0 Å². The predicted molar refractivity (Wildman–Crippen MR) is 78.8 cm³/mol. The SMILES string of the molecule is COc1ccc(O)c(C(C)NC(C)CCN(C)C)c1. The molecule has 0 fully saturated rings. The van der Waals surface area contributed by atoms with E-state index in [1.165, 1.54) is 0 Å². The summed E-state index contributed by atoms with van der Waals surface area (Å²) < 4.78 is 5.20. The molecular weight excluding hydrogens is 240 g/mol. The van der Waals surface area contributed by atoms with Gasteiger partial charge in [-0.3, -0.25) is 0 Å². The molecule has 1 aromatic rings. The summed E-state index contributed by atoms with van der Waals surface area (Å²) in [4.78, 5) is 2.17. The lowest BCUT2D eigenvalue weighted by Gasteiger charge is -2.22. The lowest BCUT2D eigenvalue weighted by molar-refractivity contribution is 0.351. The number of phenolic OH excluding ortho intramolecular Hbond substituents is 1. The molecule has 19 heavy (non-hydrogen) atoms. The number of methoxy groups -OCH3 is 1. The van der Waals surface area contributed by atoms with Crippen LogP contribution in [0.15, 0.2) is 18.2 Å². The van der Waals surface area contributed by atoms with Crippen molar-refractivity contribution in [1.29, 1.82) is 0 Å². The van der Waals surface area contributed by atoms with E-state index in [0.29, 0.717) is 11.8 Å². The van der Waals surface area contributed by atoms with Crippen molar-refractivity contribution >= 4 is 0 Å². The maximum Gasteiger partial charge on any atom is 0.120 e. The van der Waals surface area contributed by atoms with Gasteiger partial charge >= 0.3 is 0 Å². The molecule has 0 aromatic heterocycles. The van der Waals surface area contributed by atoms with E-state index >= 15 is 0 Å². The molecule has 2 atom stereocenters. The third kappa shape index (κ3) is 5.09. The van der Waals surface area contributed by atoms with E-state index in [2.05, 4.69) is 38.2 Å². The highest BCUT2D eigenvalue weighted by atomic mass is 16.5. The van der Waals surface area contributed by atoms with Crippen LogP contribution in [0.5, 0.6) is 11.5 Å². The van der Waals surface area contributed by atoms with Crippen LogP contribution in [-0.4, -0.2) is 43.8 Å². The van der Waals surface area contributed by atoms with Crippen molar-refractivity contribution in [2.75, 3.05) is 27.7 Å². The Morgan fingerprint density at radius 2 is 2.00 bits per heavy atom. The van der Waals surface area contributed by atoms with Crippen LogP contribution >= 0.6 is 0 Å². The normalized spacial score (nSPS) is 14.4. The molecule has 2 N–H and O–H groups in total. The van der Waals surface area contributed by atoms with Crippen molar-refractivity contribution in [1.82, 2.24) is 10.2 Å². The van der Waals surface area contributed by atoms with E-state index in [-0.39, 0.29) is 6.04 Å². The first-order valence-corrected chi connectivity index (χ1v) is 6.71. The van der Waals surface area contributed by atoms with Crippen LogP contribution in [0.3, 0.4) is 0 Å². The molecule has 1 aromatic carbocycles. The Morgan fingerprint density at radius 1 is 1.32 bits per heavy atom. The molecule has 0 radical (unpaired) electrons. The second kappa shape index (κ2) is 7.36. The molecule has 0 saturated heterocycles. The molecule has 108 valence electrons. The third-order valence-corrected chi connectivity index (χ3v) is 3.25. The van der Waals surface area contributed by atoms with Crippen LogP contribution < -0.4 is 10.1 Å². The summed E-state index contributed by atoms with van der Waals surface area (Å²) in [5.74, 6) is 1.07. The maximum absolute atomic E-state index is 9.93. The van der Waals surface area contributed by atoms with E-state index in [1.54, 1.807) is 19.2 Å². The highest BCUT2D eigenvalue weighted by Gasteiger charge is 2.14. The first-order valence-electron chi connectivity index (χ1n) is 6.71. The molecule has 1 rings (SSSR count). The van der Waals surface area contributed by atoms with Crippen molar-refractivity contribution < 1.29 is 9.84 Å². The summed E-state index contributed by atoms with van der Waals surface area (Å²) in [5.41, 5.74) is 0.871. The van der Waals surface area contributed by atoms with Crippen LogP contribution in [0.4, 0.5) is 0 Å². The van der Waals surface area contributed by atoms with E-state index < -0.39 is 0 Å². The molecule has 0 spiro atoms. The number of nitrogens with zero attached hydrogens (tertiary/aromatic N) is 1. The number of nitrogens with one attached hydrogen (secondary N) is 1. The van der Waals surface area contributed by atoms with Crippen molar-refractivity contribution in [3.63, 3.8) is 0 Å². The number of phenols is 1. The molecule has 0 aliphatic heterocycles. The van der Waals surface area contributed by atoms with Crippen molar-refractivity contribution in [3.8, 4) is 11.5 Å². The highest BCUT2D eigenvalue weighted by Crippen LogP contribution is 2.28. The average molecular weight is 266 g/mol. The molecule has 0 heterocycles. The van der Waals surface area contributed by atoms with Gasteiger partial charge in [0.2, 0.25) is 0 Å². The number of hydrogen-bond acceptors (Lipinski definition) is 4. The second-order valence-electron chi connectivity index (χ2n) is 5.31. The fourth-order valence-corrected chi connectivity index (χ4v) is 2.06. The van der Waals surface area contributed by atoms with Crippen molar-refractivity contribution in [2.24, 2.45) is 0 Å². The zero-order chi connectivity index (χ0) is 14.4. The number of ether oxygens (including phenoxy) is 1. The van der Waals surface area contributed by atoms with Crippen LogP contribution in [-0.2, 0) is 0 Å². The summed E-state index contributed by atoms with van der Waals surface area (Å²) >= 11 is 0. The second-order valence-corrected chi connectivity index (χ2v) is 5.31.